The zero-order valence-electron chi connectivity index (χ0n) is 23.9. The second-order valence-electron chi connectivity index (χ2n) is 10.4. The molecule has 0 aliphatic heterocycles. The summed E-state index contributed by atoms with van der Waals surface area (Å²) in [6, 6.07) is 24.2. The summed E-state index contributed by atoms with van der Waals surface area (Å²) in [5.41, 5.74) is 6.69. The van der Waals surface area contributed by atoms with Crippen LogP contribution in [0.15, 0.2) is 85.2 Å². The molecule has 6 rings (SSSR count). The maximum Gasteiger partial charge on any atom is 0.512 e. The molecule has 6 aromatic rings. The Hall–Kier alpha value is -5.11. The van der Waals surface area contributed by atoms with Crippen LogP contribution in [0.2, 0.25) is 0 Å². The fourth-order valence-electron chi connectivity index (χ4n) is 5.84. The third kappa shape index (κ3) is 5.07. The van der Waals surface area contributed by atoms with Crippen LogP contribution < -0.4 is 9.47 Å². The average Bonchev–Trinajstić information content (AvgIpc) is 3.42. The number of nitrogens with zero attached hydrogens (tertiary/aromatic N) is 4. The quantitative estimate of drug-likeness (QED) is 0.147. The lowest BCUT2D eigenvalue weighted by Crippen LogP contribution is -2.11. The van der Waals surface area contributed by atoms with Crippen LogP contribution in [0.1, 0.15) is 28.9 Å². The van der Waals surface area contributed by atoms with Gasteiger partial charge in [-0.15, -0.1) is 0 Å². The molecule has 8 heteroatoms. The first-order valence-corrected chi connectivity index (χ1v) is 14.0. The van der Waals surface area contributed by atoms with E-state index in [1.54, 1.807) is 12.4 Å². The molecule has 212 valence electrons. The van der Waals surface area contributed by atoms with E-state index >= 15 is 0 Å². The highest BCUT2D eigenvalue weighted by Crippen LogP contribution is 2.41. The van der Waals surface area contributed by atoms with Crippen LogP contribution in [-0.2, 0) is 20.0 Å². The molecular weight excluding hydrogens is 528 g/mol. The Balaban J connectivity index is 1.43. The van der Waals surface area contributed by atoms with Gasteiger partial charge in [0.05, 0.1) is 24.4 Å². The lowest BCUT2D eigenvalue weighted by molar-refractivity contribution is 0.140. The number of ether oxygens (including phenoxy) is 2. The number of carbonyl (C=O) groups is 1. The minimum Gasteiger partial charge on any atom is -0.493 e. The van der Waals surface area contributed by atoms with Crippen LogP contribution in [0.3, 0.4) is 0 Å². The van der Waals surface area contributed by atoms with E-state index in [0.29, 0.717) is 31.9 Å². The number of hydrogen-bond acceptors (Lipinski definition) is 5. The van der Waals surface area contributed by atoms with Crippen molar-refractivity contribution in [1.82, 2.24) is 19.3 Å². The fourth-order valence-corrected chi connectivity index (χ4v) is 5.84. The Morgan fingerprint density at radius 3 is 2.43 bits per heavy atom. The molecular formula is C34H32N4O4. The van der Waals surface area contributed by atoms with E-state index in [1.807, 2.05) is 78.7 Å². The van der Waals surface area contributed by atoms with Crippen LogP contribution in [0.5, 0.6) is 11.6 Å². The van der Waals surface area contributed by atoms with Crippen molar-refractivity contribution in [3.05, 3.63) is 108 Å². The van der Waals surface area contributed by atoms with Gasteiger partial charge in [-0.25, -0.2) is 4.79 Å². The van der Waals surface area contributed by atoms with Gasteiger partial charge in [0, 0.05) is 52.6 Å². The van der Waals surface area contributed by atoms with Crippen molar-refractivity contribution in [3.8, 4) is 22.8 Å². The van der Waals surface area contributed by atoms with Gasteiger partial charge in [0.25, 0.3) is 0 Å². The number of fused-ring (bicyclic) bond motifs is 2. The molecule has 0 spiro atoms. The van der Waals surface area contributed by atoms with Gasteiger partial charge in [-0.1, -0.05) is 54.6 Å². The maximum atomic E-state index is 12.0. The summed E-state index contributed by atoms with van der Waals surface area (Å²) in [6.45, 7) is 4.93. The van der Waals surface area contributed by atoms with E-state index in [4.69, 9.17) is 9.47 Å². The summed E-state index contributed by atoms with van der Waals surface area (Å²) in [4.78, 5) is 16.2. The number of benzene rings is 3. The zero-order chi connectivity index (χ0) is 29.2. The number of aromatic nitrogens is 4. The number of para-hydroxylation sites is 1. The maximum absolute atomic E-state index is 12.0. The van der Waals surface area contributed by atoms with Crippen LogP contribution >= 0.6 is 0 Å². The standard InChI is InChI=1S/C34H32N4O4/c1-22-31(23(2)37(3)36-22)29-13-7-12-27-28(14-8-20-41-30-15-6-10-25-9-4-5-11-26(25)30)33(42-34(39)40)38(32(27)29)21-24-16-18-35-19-17-24/h4-7,9-13,15-19H,8,14,20-21H2,1-3H3,(H,39,40). The average molecular weight is 561 g/mol. The van der Waals surface area contributed by atoms with E-state index in [0.717, 1.165) is 61.1 Å². The van der Waals surface area contributed by atoms with Gasteiger partial charge in [0.15, 0.2) is 0 Å². The summed E-state index contributed by atoms with van der Waals surface area (Å²) in [5, 5.41) is 17.6. The van der Waals surface area contributed by atoms with Gasteiger partial charge in [-0.05, 0) is 55.8 Å². The lowest BCUT2D eigenvalue weighted by Gasteiger charge is -2.13. The molecule has 1 N–H and O–H groups in total. The minimum absolute atomic E-state index is 0.325. The predicted molar refractivity (Wildman–Crippen MR) is 163 cm³/mol. The van der Waals surface area contributed by atoms with Crippen LogP contribution in [-0.4, -0.2) is 37.2 Å². The molecule has 0 amide bonds. The third-order valence-electron chi connectivity index (χ3n) is 7.77. The Labute approximate surface area is 243 Å². The van der Waals surface area contributed by atoms with E-state index < -0.39 is 6.16 Å². The molecule has 0 radical (unpaired) electrons. The number of aryl methyl sites for hydroxylation is 3. The minimum atomic E-state index is -1.35. The van der Waals surface area contributed by atoms with Gasteiger partial charge in [-0.3, -0.25) is 9.67 Å². The van der Waals surface area contributed by atoms with E-state index in [2.05, 4.69) is 34.3 Å². The number of pyridine rings is 1. The van der Waals surface area contributed by atoms with Gasteiger partial charge in [0.2, 0.25) is 5.88 Å². The normalized spacial score (nSPS) is 11.3. The molecule has 0 fully saturated rings. The number of carboxylic acid groups (broad SMARTS) is 1. The smallest absolute Gasteiger partial charge is 0.493 e. The van der Waals surface area contributed by atoms with E-state index in [9.17, 15) is 9.90 Å². The Bertz CT molecular complexity index is 1900. The largest absolute Gasteiger partial charge is 0.512 e. The van der Waals surface area contributed by atoms with Crippen molar-refractivity contribution < 1.29 is 19.4 Å². The SMILES string of the molecule is Cc1nn(C)c(C)c1-c1cccc2c(CCCOc3cccc4ccccc34)c(OC(=O)O)n(Cc3ccncc3)c12. The Morgan fingerprint density at radius 1 is 0.929 bits per heavy atom. The van der Waals surface area contributed by atoms with Crippen molar-refractivity contribution in [2.45, 2.75) is 33.2 Å². The zero-order valence-corrected chi connectivity index (χ0v) is 23.9. The van der Waals surface area contributed by atoms with Crippen LogP contribution in [0.4, 0.5) is 4.79 Å². The first-order chi connectivity index (χ1) is 20.4. The first-order valence-electron chi connectivity index (χ1n) is 14.0. The summed E-state index contributed by atoms with van der Waals surface area (Å²) in [6.07, 6.45) is 3.36. The van der Waals surface area contributed by atoms with Crippen molar-refractivity contribution in [3.63, 3.8) is 0 Å². The monoisotopic (exact) mass is 560 g/mol. The second kappa shape index (κ2) is 11.4. The van der Waals surface area contributed by atoms with Crippen molar-refractivity contribution in [2.75, 3.05) is 6.61 Å². The highest BCUT2D eigenvalue weighted by molar-refractivity contribution is 5.99. The Morgan fingerprint density at radius 2 is 1.67 bits per heavy atom. The summed E-state index contributed by atoms with van der Waals surface area (Å²) < 4.78 is 15.6. The molecule has 0 aliphatic carbocycles. The van der Waals surface area contributed by atoms with Crippen molar-refractivity contribution in [1.29, 1.82) is 0 Å². The molecule has 0 unspecified atom stereocenters. The van der Waals surface area contributed by atoms with Crippen molar-refractivity contribution >= 4 is 27.8 Å². The van der Waals surface area contributed by atoms with E-state index in [1.165, 1.54) is 0 Å². The van der Waals surface area contributed by atoms with Gasteiger partial charge >= 0.3 is 6.16 Å². The Kier molecular flexibility index (Phi) is 7.35. The predicted octanol–water partition coefficient (Wildman–Crippen LogP) is 7.32. The molecule has 0 atom stereocenters. The molecule has 8 nitrogen and oxygen atoms in total. The summed E-state index contributed by atoms with van der Waals surface area (Å²) >= 11 is 0. The van der Waals surface area contributed by atoms with Gasteiger partial charge in [-0.2, -0.15) is 5.10 Å². The van der Waals surface area contributed by atoms with Crippen molar-refractivity contribution in [2.24, 2.45) is 7.05 Å². The molecule has 0 bridgehead atoms. The first kappa shape index (κ1) is 27.1. The molecule has 3 heterocycles. The van der Waals surface area contributed by atoms with Gasteiger partial charge < -0.3 is 19.1 Å². The molecule has 0 saturated heterocycles. The molecule has 42 heavy (non-hydrogen) atoms. The van der Waals surface area contributed by atoms with Crippen LogP contribution in [0.25, 0.3) is 32.8 Å². The van der Waals surface area contributed by atoms with Crippen LogP contribution in [0, 0.1) is 13.8 Å². The summed E-state index contributed by atoms with van der Waals surface area (Å²) in [5.74, 6) is 1.16. The molecule has 0 saturated carbocycles. The number of hydrogen-bond donors (Lipinski definition) is 1. The lowest BCUT2D eigenvalue weighted by atomic mass is 9.99. The molecule has 3 aromatic heterocycles. The molecule has 3 aromatic carbocycles. The fraction of sp³-hybridized carbons (Fsp3) is 0.206. The molecule has 0 aliphatic rings. The highest BCUT2D eigenvalue weighted by Gasteiger charge is 2.25. The second-order valence-corrected chi connectivity index (χ2v) is 10.4. The summed E-state index contributed by atoms with van der Waals surface area (Å²) in [7, 11) is 1.93. The third-order valence-corrected chi connectivity index (χ3v) is 7.77. The number of rotatable bonds is 9. The highest BCUT2D eigenvalue weighted by atomic mass is 16.7. The topological polar surface area (TPSA) is 91.4 Å². The van der Waals surface area contributed by atoms with Gasteiger partial charge in [0.1, 0.15) is 5.75 Å². The van der Waals surface area contributed by atoms with E-state index in [-0.39, 0.29) is 0 Å².